The molecule has 5 rings (SSSR count). The number of carbonyl (C=O) groups is 2. The molecule has 0 saturated heterocycles. The summed E-state index contributed by atoms with van der Waals surface area (Å²) in [6.07, 6.45) is 1.69. The summed E-state index contributed by atoms with van der Waals surface area (Å²) >= 11 is 0. The first-order valence-corrected chi connectivity index (χ1v) is 11.8. The second-order valence-electron chi connectivity index (χ2n) is 8.65. The third-order valence-corrected chi connectivity index (χ3v) is 5.96. The minimum absolute atomic E-state index is 0.174. The van der Waals surface area contributed by atoms with E-state index in [2.05, 4.69) is 20.6 Å². The predicted octanol–water partition coefficient (Wildman–Crippen LogP) is 5.98. The van der Waals surface area contributed by atoms with E-state index in [1.807, 2.05) is 61.5 Å². The van der Waals surface area contributed by atoms with Crippen molar-refractivity contribution in [1.29, 1.82) is 0 Å². The van der Waals surface area contributed by atoms with E-state index in [1.165, 1.54) is 0 Å². The number of rotatable bonds is 7. The second kappa shape index (κ2) is 10.3. The van der Waals surface area contributed by atoms with Crippen LogP contribution in [-0.2, 0) is 6.54 Å². The normalized spacial score (nSPS) is 10.7. The van der Waals surface area contributed by atoms with Crippen LogP contribution in [0.4, 0.5) is 11.4 Å². The molecule has 0 atom stereocenters. The van der Waals surface area contributed by atoms with E-state index in [1.54, 1.807) is 42.6 Å². The van der Waals surface area contributed by atoms with Gasteiger partial charge in [-0.15, -0.1) is 0 Å². The van der Waals surface area contributed by atoms with Crippen LogP contribution in [0.15, 0.2) is 97.2 Å². The maximum absolute atomic E-state index is 12.7. The molecule has 4 aromatic carbocycles. The molecule has 0 unspecified atom stereocenters. The number of aromatic nitrogens is 2. The smallest absolute Gasteiger partial charge is 0.337 e. The number of aryl methyl sites for hydroxylation is 1. The van der Waals surface area contributed by atoms with Crippen molar-refractivity contribution >= 4 is 34.3 Å². The molecule has 1 amide bonds. The van der Waals surface area contributed by atoms with E-state index in [0.717, 1.165) is 33.6 Å². The largest absolute Gasteiger partial charge is 0.478 e. The van der Waals surface area contributed by atoms with Crippen LogP contribution in [0.3, 0.4) is 0 Å². The summed E-state index contributed by atoms with van der Waals surface area (Å²) < 4.78 is 0. The molecule has 5 aromatic rings. The first kappa shape index (κ1) is 23.7. The number of carbonyl (C=O) groups excluding carboxylic acids is 1. The van der Waals surface area contributed by atoms with Gasteiger partial charge in [0.25, 0.3) is 5.91 Å². The van der Waals surface area contributed by atoms with E-state index >= 15 is 0 Å². The fraction of sp³-hybridized carbons (Fsp3) is 0.0667. The van der Waals surface area contributed by atoms with Gasteiger partial charge in [-0.1, -0.05) is 42.5 Å². The molecule has 7 heteroatoms. The number of carboxylic acids is 1. The van der Waals surface area contributed by atoms with Crippen molar-refractivity contribution < 1.29 is 14.7 Å². The predicted molar refractivity (Wildman–Crippen MR) is 144 cm³/mol. The highest BCUT2D eigenvalue weighted by Crippen LogP contribution is 2.26. The van der Waals surface area contributed by atoms with Gasteiger partial charge in [-0.3, -0.25) is 9.78 Å². The Morgan fingerprint density at radius 3 is 2.46 bits per heavy atom. The van der Waals surface area contributed by atoms with Crippen LogP contribution in [0, 0.1) is 6.92 Å². The van der Waals surface area contributed by atoms with Crippen LogP contribution in [-0.4, -0.2) is 27.0 Å². The van der Waals surface area contributed by atoms with E-state index in [4.69, 9.17) is 0 Å². The molecule has 3 N–H and O–H groups in total. The van der Waals surface area contributed by atoms with Crippen molar-refractivity contribution in [2.75, 3.05) is 5.32 Å². The van der Waals surface area contributed by atoms with Crippen molar-refractivity contribution in [3.05, 3.63) is 120 Å². The molecule has 0 saturated carbocycles. The Morgan fingerprint density at radius 2 is 1.65 bits per heavy atom. The molecule has 37 heavy (non-hydrogen) atoms. The lowest BCUT2D eigenvalue weighted by atomic mass is 10.0. The third-order valence-electron chi connectivity index (χ3n) is 5.96. The summed E-state index contributed by atoms with van der Waals surface area (Å²) in [5.41, 5.74) is 7.35. The fourth-order valence-electron chi connectivity index (χ4n) is 4.07. The lowest BCUT2D eigenvalue weighted by Gasteiger charge is -2.11. The van der Waals surface area contributed by atoms with Crippen LogP contribution in [0.1, 0.15) is 32.0 Å². The van der Waals surface area contributed by atoms with Crippen LogP contribution in [0.25, 0.3) is 22.2 Å². The average molecular weight is 489 g/mol. The number of aromatic carboxylic acids is 1. The average Bonchev–Trinajstić information content (AvgIpc) is 2.92. The molecular formula is C30H24N4O3. The molecule has 0 spiro atoms. The SMILES string of the molecule is Cc1cnc2cc(C(=O)NCc3cccc(-c4ccc(Nc5ccccc5C(=O)O)cc4)c3)ccc2n1. The monoisotopic (exact) mass is 488 g/mol. The van der Waals surface area contributed by atoms with Gasteiger partial charge in [0, 0.05) is 24.0 Å². The number of hydrogen-bond acceptors (Lipinski definition) is 5. The van der Waals surface area contributed by atoms with Gasteiger partial charge < -0.3 is 15.7 Å². The number of para-hydroxylation sites is 1. The van der Waals surface area contributed by atoms with Gasteiger partial charge in [0.05, 0.1) is 28.0 Å². The Hall–Kier alpha value is -5.04. The van der Waals surface area contributed by atoms with Gasteiger partial charge in [-0.25, -0.2) is 9.78 Å². The number of fused-ring (bicyclic) bond motifs is 1. The Morgan fingerprint density at radius 1 is 0.838 bits per heavy atom. The molecule has 0 aliphatic heterocycles. The zero-order valence-electron chi connectivity index (χ0n) is 20.1. The Kier molecular flexibility index (Phi) is 6.59. The summed E-state index contributed by atoms with van der Waals surface area (Å²) in [4.78, 5) is 33.0. The van der Waals surface area contributed by atoms with Crippen molar-refractivity contribution in [1.82, 2.24) is 15.3 Å². The molecule has 0 bridgehead atoms. The van der Waals surface area contributed by atoms with Crippen LogP contribution < -0.4 is 10.6 Å². The van der Waals surface area contributed by atoms with E-state index < -0.39 is 5.97 Å². The van der Waals surface area contributed by atoms with E-state index in [-0.39, 0.29) is 11.5 Å². The standard InChI is InChI=1S/C30H24N4O3/c1-19-17-31-28-16-23(11-14-27(28)33-19)29(35)32-18-20-5-4-6-22(15-20)21-9-12-24(13-10-21)34-26-8-3-2-7-25(26)30(36)37/h2-17,34H,18H2,1H3,(H,32,35)(H,36,37). The maximum Gasteiger partial charge on any atom is 0.337 e. The van der Waals surface area contributed by atoms with Crippen molar-refractivity contribution in [2.24, 2.45) is 0 Å². The topological polar surface area (TPSA) is 104 Å². The quantitative estimate of drug-likeness (QED) is 0.260. The van der Waals surface area contributed by atoms with Crippen molar-refractivity contribution in [2.45, 2.75) is 13.5 Å². The Labute approximate surface area is 213 Å². The van der Waals surface area contributed by atoms with Gasteiger partial charge in [0.1, 0.15) is 0 Å². The molecule has 0 aliphatic carbocycles. The summed E-state index contributed by atoms with van der Waals surface area (Å²) in [5.74, 6) is -1.15. The summed E-state index contributed by atoms with van der Waals surface area (Å²) in [6, 6.07) is 27.9. The van der Waals surface area contributed by atoms with Crippen LogP contribution in [0.5, 0.6) is 0 Å². The Balaban J connectivity index is 1.26. The number of benzene rings is 4. The number of nitrogens with one attached hydrogen (secondary N) is 2. The van der Waals surface area contributed by atoms with E-state index in [0.29, 0.717) is 23.3 Å². The fourth-order valence-corrected chi connectivity index (χ4v) is 4.07. The van der Waals surface area contributed by atoms with E-state index in [9.17, 15) is 14.7 Å². The highest BCUT2D eigenvalue weighted by atomic mass is 16.4. The minimum Gasteiger partial charge on any atom is -0.478 e. The highest BCUT2D eigenvalue weighted by Gasteiger charge is 2.10. The zero-order valence-corrected chi connectivity index (χ0v) is 20.1. The van der Waals surface area contributed by atoms with Crippen molar-refractivity contribution in [3.8, 4) is 11.1 Å². The Bertz CT molecular complexity index is 1610. The molecule has 1 heterocycles. The summed E-state index contributed by atoms with van der Waals surface area (Å²) in [6.45, 7) is 2.27. The highest BCUT2D eigenvalue weighted by molar-refractivity contribution is 5.97. The molecule has 0 aliphatic rings. The number of anilines is 2. The third kappa shape index (κ3) is 5.46. The second-order valence-corrected chi connectivity index (χ2v) is 8.65. The van der Waals surface area contributed by atoms with Gasteiger partial charge in [0.15, 0.2) is 0 Å². The molecule has 1 aromatic heterocycles. The molecule has 7 nitrogen and oxygen atoms in total. The van der Waals surface area contributed by atoms with Gasteiger partial charge in [-0.2, -0.15) is 0 Å². The number of hydrogen-bond donors (Lipinski definition) is 3. The minimum atomic E-state index is -0.979. The number of nitrogens with zero attached hydrogens (tertiary/aromatic N) is 2. The number of carboxylic acid groups (broad SMARTS) is 1. The van der Waals surface area contributed by atoms with Gasteiger partial charge in [-0.05, 0) is 72.1 Å². The summed E-state index contributed by atoms with van der Waals surface area (Å²) in [7, 11) is 0. The van der Waals surface area contributed by atoms with Gasteiger partial charge >= 0.3 is 5.97 Å². The molecule has 0 fully saturated rings. The maximum atomic E-state index is 12.7. The van der Waals surface area contributed by atoms with Gasteiger partial charge in [0.2, 0.25) is 0 Å². The van der Waals surface area contributed by atoms with Crippen molar-refractivity contribution in [3.63, 3.8) is 0 Å². The molecule has 0 radical (unpaired) electrons. The summed E-state index contributed by atoms with van der Waals surface area (Å²) in [5, 5.41) is 15.5. The first-order chi connectivity index (χ1) is 18.0. The lowest BCUT2D eigenvalue weighted by molar-refractivity contribution is 0.0697. The van der Waals surface area contributed by atoms with Crippen LogP contribution >= 0.6 is 0 Å². The molecule has 182 valence electrons. The number of amides is 1. The molecular weight excluding hydrogens is 464 g/mol. The zero-order chi connectivity index (χ0) is 25.8. The first-order valence-electron chi connectivity index (χ1n) is 11.8. The lowest BCUT2D eigenvalue weighted by Crippen LogP contribution is -2.22. The van der Waals surface area contributed by atoms with Crippen LogP contribution in [0.2, 0.25) is 0 Å².